The largest absolute Gasteiger partial charge is 0.378 e. The van der Waals surface area contributed by atoms with Crippen LogP contribution in [0, 0.1) is 24.0 Å². The predicted molar refractivity (Wildman–Crippen MR) is 77.8 cm³/mol. The molecule has 0 aliphatic rings. The minimum Gasteiger partial charge on any atom is -0.378 e. The quantitative estimate of drug-likeness (QED) is 0.686. The van der Waals surface area contributed by atoms with Crippen molar-refractivity contribution in [3.8, 4) is 0 Å². The third-order valence-corrected chi connectivity index (χ3v) is 3.46. The molecule has 0 amide bonds. The molecule has 1 N–H and O–H groups in total. The van der Waals surface area contributed by atoms with Crippen LogP contribution in [0.25, 0.3) is 0 Å². The van der Waals surface area contributed by atoms with Crippen LogP contribution in [0.5, 0.6) is 0 Å². The van der Waals surface area contributed by atoms with Gasteiger partial charge >= 0.3 is 0 Å². The van der Waals surface area contributed by atoms with Gasteiger partial charge in [0, 0.05) is 36.1 Å². The minimum atomic E-state index is -0.400. The van der Waals surface area contributed by atoms with E-state index in [1.165, 1.54) is 12.1 Å². The molecule has 0 bridgehead atoms. The number of aromatic nitrogens is 2. The van der Waals surface area contributed by atoms with Gasteiger partial charge in [0.25, 0.3) is 5.69 Å². The van der Waals surface area contributed by atoms with Gasteiger partial charge in [-0.05, 0) is 32.9 Å². The first-order chi connectivity index (χ1) is 9.40. The third-order valence-electron chi connectivity index (χ3n) is 3.46. The summed E-state index contributed by atoms with van der Waals surface area (Å²) in [5, 5.41) is 18.4. The van der Waals surface area contributed by atoms with Crippen LogP contribution in [-0.4, -0.2) is 14.7 Å². The number of non-ortho nitro benzene ring substituents is 1. The summed E-state index contributed by atoms with van der Waals surface area (Å²) in [6, 6.07) is 6.52. The monoisotopic (exact) mass is 274 g/mol. The normalized spacial score (nSPS) is 12.2. The molecule has 6 nitrogen and oxygen atoms in total. The molecular formula is C14H18N4O2. The molecule has 6 heteroatoms. The lowest BCUT2D eigenvalue weighted by Gasteiger charge is -2.16. The van der Waals surface area contributed by atoms with Crippen LogP contribution in [0.1, 0.15) is 29.9 Å². The highest BCUT2D eigenvalue weighted by molar-refractivity contribution is 5.50. The molecule has 1 aromatic heterocycles. The average Bonchev–Trinajstić information content (AvgIpc) is 2.63. The van der Waals surface area contributed by atoms with Crippen molar-refractivity contribution in [1.29, 1.82) is 0 Å². The van der Waals surface area contributed by atoms with Crippen molar-refractivity contribution in [2.24, 2.45) is 7.05 Å². The first-order valence-corrected chi connectivity index (χ1v) is 6.41. The van der Waals surface area contributed by atoms with Crippen LogP contribution in [0.15, 0.2) is 24.3 Å². The molecular weight excluding hydrogens is 256 g/mol. The molecule has 0 fully saturated rings. The summed E-state index contributed by atoms with van der Waals surface area (Å²) in [5.41, 5.74) is 4.21. The third kappa shape index (κ3) is 2.64. The smallest absolute Gasteiger partial charge is 0.269 e. The molecule has 1 heterocycles. The van der Waals surface area contributed by atoms with E-state index in [1.54, 1.807) is 12.1 Å². The number of anilines is 1. The molecule has 2 rings (SSSR count). The fraction of sp³-hybridized carbons (Fsp3) is 0.357. The molecule has 0 aliphatic carbocycles. The predicted octanol–water partition coefficient (Wildman–Crippen LogP) is 3.12. The van der Waals surface area contributed by atoms with Crippen molar-refractivity contribution in [3.05, 3.63) is 51.3 Å². The number of nitrogens with zero attached hydrogens (tertiary/aromatic N) is 3. The number of nitrogens with one attached hydrogen (secondary N) is 1. The van der Waals surface area contributed by atoms with Gasteiger partial charge in [0.2, 0.25) is 0 Å². The summed E-state index contributed by atoms with van der Waals surface area (Å²) in [4.78, 5) is 10.2. The highest BCUT2D eigenvalue weighted by Crippen LogP contribution is 2.25. The second kappa shape index (κ2) is 5.32. The SMILES string of the molecule is Cc1nn(C)c(C)c1C(C)Nc1ccc([N+](=O)[O-])cc1. The van der Waals surface area contributed by atoms with Crippen molar-refractivity contribution in [2.45, 2.75) is 26.8 Å². The van der Waals surface area contributed by atoms with E-state index >= 15 is 0 Å². The van der Waals surface area contributed by atoms with Crippen molar-refractivity contribution in [3.63, 3.8) is 0 Å². The Labute approximate surface area is 117 Å². The van der Waals surface area contributed by atoms with Gasteiger partial charge in [-0.3, -0.25) is 14.8 Å². The number of benzene rings is 1. The number of hydrogen-bond donors (Lipinski definition) is 1. The first kappa shape index (κ1) is 14.0. The summed E-state index contributed by atoms with van der Waals surface area (Å²) < 4.78 is 1.86. The molecule has 0 saturated carbocycles. The minimum absolute atomic E-state index is 0.0881. The van der Waals surface area contributed by atoms with E-state index in [0.29, 0.717) is 0 Å². The summed E-state index contributed by atoms with van der Waals surface area (Å²) in [6.07, 6.45) is 0. The number of nitro groups is 1. The number of hydrogen-bond acceptors (Lipinski definition) is 4. The van der Waals surface area contributed by atoms with Crippen molar-refractivity contribution in [2.75, 3.05) is 5.32 Å². The van der Waals surface area contributed by atoms with Crippen LogP contribution in [0.2, 0.25) is 0 Å². The van der Waals surface area contributed by atoms with Gasteiger partial charge in [0.15, 0.2) is 0 Å². The second-order valence-electron chi connectivity index (χ2n) is 4.88. The van der Waals surface area contributed by atoms with Crippen LogP contribution in [0.4, 0.5) is 11.4 Å². The topological polar surface area (TPSA) is 73.0 Å². The van der Waals surface area contributed by atoms with Gasteiger partial charge in [-0.2, -0.15) is 5.10 Å². The highest BCUT2D eigenvalue weighted by Gasteiger charge is 2.16. The molecule has 0 spiro atoms. The lowest BCUT2D eigenvalue weighted by Crippen LogP contribution is -2.09. The van der Waals surface area contributed by atoms with Crippen molar-refractivity contribution in [1.82, 2.24) is 9.78 Å². The fourth-order valence-electron chi connectivity index (χ4n) is 2.42. The van der Waals surface area contributed by atoms with E-state index in [1.807, 2.05) is 25.6 Å². The average molecular weight is 274 g/mol. The van der Waals surface area contributed by atoms with E-state index in [0.717, 1.165) is 22.6 Å². The lowest BCUT2D eigenvalue weighted by molar-refractivity contribution is -0.384. The Morgan fingerprint density at radius 1 is 1.30 bits per heavy atom. The zero-order valence-corrected chi connectivity index (χ0v) is 12.0. The maximum absolute atomic E-state index is 10.6. The Morgan fingerprint density at radius 2 is 1.90 bits per heavy atom. The molecule has 0 aliphatic heterocycles. The Bertz CT molecular complexity index is 631. The number of nitro benzene ring substituents is 1. The Hall–Kier alpha value is -2.37. The van der Waals surface area contributed by atoms with E-state index in [-0.39, 0.29) is 11.7 Å². The maximum Gasteiger partial charge on any atom is 0.269 e. The molecule has 106 valence electrons. The van der Waals surface area contributed by atoms with Gasteiger partial charge in [-0.15, -0.1) is 0 Å². The second-order valence-corrected chi connectivity index (χ2v) is 4.88. The first-order valence-electron chi connectivity index (χ1n) is 6.41. The maximum atomic E-state index is 10.6. The van der Waals surface area contributed by atoms with Crippen LogP contribution in [0.3, 0.4) is 0 Å². The van der Waals surface area contributed by atoms with E-state index < -0.39 is 4.92 Å². The summed E-state index contributed by atoms with van der Waals surface area (Å²) in [5.74, 6) is 0. The van der Waals surface area contributed by atoms with Gasteiger partial charge < -0.3 is 5.32 Å². The van der Waals surface area contributed by atoms with Gasteiger partial charge in [0.1, 0.15) is 0 Å². The number of aryl methyl sites for hydroxylation is 2. The zero-order valence-electron chi connectivity index (χ0n) is 12.0. The molecule has 1 unspecified atom stereocenters. The van der Waals surface area contributed by atoms with E-state index in [4.69, 9.17) is 0 Å². The zero-order chi connectivity index (χ0) is 14.9. The molecule has 1 atom stereocenters. The van der Waals surface area contributed by atoms with Crippen molar-refractivity contribution >= 4 is 11.4 Å². The van der Waals surface area contributed by atoms with E-state index in [9.17, 15) is 10.1 Å². The summed E-state index contributed by atoms with van der Waals surface area (Å²) in [6.45, 7) is 6.07. The van der Waals surface area contributed by atoms with Gasteiger partial charge in [0.05, 0.1) is 16.7 Å². The fourth-order valence-corrected chi connectivity index (χ4v) is 2.42. The van der Waals surface area contributed by atoms with Gasteiger partial charge in [-0.1, -0.05) is 0 Å². The number of rotatable bonds is 4. The standard InChI is InChI=1S/C14H18N4O2/c1-9(14-10(2)16-17(4)11(14)3)15-12-5-7-13(8-6-12)18(19)20/h5-9,15H,1-4H3. The molecule has 20 heavy (non-hydrogen) atoms. The lowest BCUT2D eigenvalue weighted by atomic mass is 10.1. The molecule has 2 aromatic rings. The summed E-state index contributed by atoms with van der Waals surface area (Å²) >= 11 is 0. The Morgan fingerprint density at radius 3 is 2.35 bits per heavy atom. The molecule has 1 aromatic carbocycles. The summed E-state index contributed by atoms with van der Waals surface area (Å²) in [7, 11) is 1.92. The van der Waals surface area contributed by atoms with Crippen LogP contribution < -0.4 is 5.32 Å². The van der Waals surface area contributed by atoms with Crippen molar-refractivity contribution < 1.29 is 4.92 Å². The Kier molecular flexibility index (Phi) is 3.74. The molecule has 0 radical (unpaired) electrons. The Balaban J connectivity index is 2.19. The van der Waals surface area contributed by atoms with Gasteiger partial charge in [-0.25, -0.2) is 0 Å². The highest BCUT2D eigenvalue weighted by atomic mass is 16.6. The molecule has 0 saturated heterocycles. The van der Waals surface area contributed by atoms with Crippen LogP contribution in [-0.2, 0) is 7.05 Å². The van der Waals surface area contributed by atoms with E-state index in [2.05, 4.69) is 17.3 Å². The van der Waals surface area contributed by atoms with Crippen LogP contribution >= 0.6 is 0 Å².